The summed E-state index contributed by atoms with van der Waals surface area (Å²) in [7, 11) is 1.54. The van der Waals surface area contributed by atoms with Crippen molar-refractivity contribution in [1.29, 1.82) is 0 Å². The van der Waals surface area contributed by atoms with Crippen LogP contribution in [0.3, 0.4) is 0 Å². The first-order valence-corrected chi connectivity index (χ1v) is 8.72. The molecule has 2 rings (SSSR count). The number of hydrogen-bond donors (Lipinski definition) is 2. The second-order valence-electron chi connectivity index (χ2n) is 7.15. The van der Waals surface area contributed by atoms with Gasteiger partial charge in [-0.2, -0.15) is 0 Å². The topological polar surface area (TPSA) is 87.7 Å². The van der Waals surface area contributed by atoms with Crippen molar-refractivity contribution in [2.75, 3.05) is 20.3 Å². The molecule has 1 heterocycles. The third kappa shape index (κ3) is 4.04. The van der Waals surface area contributed by atoms with Crippen LogP contribution in [0.2, 0.25) is 0 Å². The van der Waals surface area contributed by atoms with E-state index in [2.05, 4.69) is 24.5 Å². The Morgan fingerprint density at radius 1 is 1.23 bits per heavy atom. The van der Waals surface area contributed by atoms with E-state index < -0.39 is 23.4 Å². The van der Waals surface area contributed by atoms with Crippen LogP contribution in [0.1, 0.15) is 44.7 Å². The van der Waals surface area contributed by atoms with Gasteiger partial charge in [-0.3, -0.25) is 14.5 Å². The van der Waals surface area contributed by atoms with Crippen molar-refractivity contribution in [3.63, 3.8) is 0 Å². The lowest BCUT2D eigenvalue weighted by Crippen LogP contribution is -2.45. The number of nitrogens with one attached hydrogen (secondary N) is 2. The van der Waals surface area contributed by atoms with Gasteiger partial charge in [-0.25, -0.2) is 4.79 Å². The van der Waals surface area contributed by atoms with Gasteiger partial charge in [-0.1, -0.05) is 38.1 Å². The first-order chi connectivity index (χ1) is 12.2. The molecule has 1 saturated heterocycles. The van der Waals surface area contributed by atoms with Gasteiger partial charge in [0.05, 0.1) is 6.61 Å². The Kier molecular flexibility index (Phi) is 6.02. The van der Waals surface area contributed by atoms with Crippen LogP contribution in [-0.4, -0.2) is 49.0 Å². The molecule has 1 aromatic carbocycles. The van der Waals surface area contributed by atoms with Gasteiger partial charge in [0, 0.05) is 13.2 Å². The summed E-state index contributed by atoms with van der Waals surface area (Å²) in [6.45, 7) is 7.65. The Balaban J connectivity index is 2.12. The van der Waals surface area contributed by atoms with Crippen molar-refractivity contribution in [3.05, 3.63) is 35.4 Å². The molecule has 0 radical (unpaired) electrons. The third-order valence-electron chi connectivity index (χ3n) is 4.56. The molecule has 7 nitrogen and oxygen atoms in total. The molecule has 2 atom stereocenters. The molecular weight excluding hydrogens is 334 g/mol. The van der Waals surface area contributed by atoms with Gasteiger partial charge in [0.2, 0.25) is 5.91 Å². The standard InChI is InChI=1S/C19H27N3O4/c1-12(2)14-6-8-15(9-7-14)19(4)17(24)22(18(25)21-19)10-16(23)20-13(3)11-26-5/h6-9,12-13H,10-11H2,1-5H3,(H,20,23)(H,21,25)/t13-,19-/m1/s1. The SMILES string of the molecule is COC[C@@H](C)NC(=O)CN1C(=O)N[C@](C)(c2ccc(C(C)C)cc2)C1=O. The van der Waals surface area contributed by atoms with E-state index in [1.54, 1.807) is 13.8 Å². The fourth-order valence-electron chi connectivity index (χ4n) is 2.99. The molecule has 0 unspecified atom stereocenters. The largest absolute Gasteiger partial charge is 0.383 e. The smallest absolute Gasteiger partial charge is 0.325 e. The lowest BCUT2D eigenvalue weighted by Gasteiger charge is -2.23. The minimum atomic E-state index is -1.18. The second kappa shape index (κ2) is 7.86. The van der Waals surface area contributed by atoms with E-state index in [9.17, 15) is 14.4 Å². The van der Waals surface area contributed by atoms with E-state index in [1.165, 1.54) is 7.11 Å². The van der Waals surface area contributed by atoms with Gasteiger partial charge in [-0.05, 0) is 30.9 Å². The monoisotopic (exact) mass is 361 g/mol. The Hall–Kier alpha value is -2.41. The summed E-state index contributed by atoms with van der Waals surface area (Å²) in [5, 5.41) is 5.41. The first kappa shape index (κ1) is 19.9. The van der Waals surface area contributed by atoms with Crippen LogP contribution in [0.25, 0.3) is 0 Å². The summed E-state index contributed by atoms with van der Waals surface area (Å²) in [6.07, 6.45) is 0. The van der Waals surface area contributed by atoms with E-state index in [4.69, 9.17) is 4.74 Å². The van der Waals surface area contributed by atoms with E-state index in [0.29, 0.717) is 18.1 Å². The molecular formula is C19H27N3O4. The lowest BCUT2D eigenvalue weighted by atomic mass is 9.90. The normalized spacial score (nSPS) is 21.1. The van der Waals surface area contributed by atoms with Crippen molar-refractivity contribution in [1.82, 2.24) is 15.5 Å². The van der Waals surface area contributed by atoms with Crippen LogP contribution in [0.4, 0.5) is 4.79 Å². The number of nitrogens with zero attached hydrogens (tertiary/aromatic N) is 1. The molecule has 1 fully saturated rings. The minimum Gasteiger partial charge on any atom is -0.383 e. The molecule has 1 aromatic rings. The number of benzene rings is 1. The Morgan fingerprint density at radius 3 is 2.38 bits per heavy atom. The summed E-state index contributed by atoms with van der Waals surface area (Å²) in [5.74, 6) is -0.466. The van der Waals surface area contributed by atoms with Gasteiger partial charge in [0.15, 0.2) is 0 Å². The molecule has 0 aromatic heterocycles. The maximum atomic E-state index is 12.8. The zero-order chi connectivity index (χ0) is 19.5. The fourth-order valence-corrected chi connectivity index (χ4v) is 2.99. The molecule has 142 valence electrons. The third-order valence-corrected chi connectivity index (χ3v) is 4.56. The maximum Gasteiger partial charge on any atom is 0.325 e. The highest BCUT2D eigenvalue weighted by Gasteiger charge is 2.49. The highest BCUT2D eigenvalue weighted by Crippen LogP contribution is 2.29. The number of methoxy groups -OCH3 is 1. The number of amides is 4. The van der Waals surface area contributed by atoms with Gasteiger partial charge >= 0.3 is 6.03 Å². The molecule has 2 N–H and O–H groups in total. The molecule has 4 amide bonds. The lowest BCUT2D eigenvalue weighted by molar-refractivity contribution is -0.135. The zero-order valence-electron chi connectivity index (χ0n) is 16.0. The van der Waals surface area contributed by atoms with Crippen LogP contribution >= 0.6 is 0 Å². The quantitative estimate of drug-likeness (QED) is 0.724. The molecule has 0 spiro atoms. The highest BCUT2D eigenvalue weighted by atomic mass is 16.5. The van der Waals surface area contributed by atoms with Crippen LogP contribution in [-0.2, 0) is 19.9 Å². The number of rotatable bonds is 7. The maximum absolute atomic E-state index is 12.8. The predicted octanol–water partition coefficient (Wildman–Crippen LogP) is 1.73. The van der Waals surface area contributed by atoms with Crippen molar-refractivity contribution < 1.29 is 19.1 Å². The average molecular weight is 361 g/mol. The van der Waals surface area contributed by atoms with Gasteiger partial charge < -0.3 is 15.4 Å². The zero-order valence-corrected chi connectivity index (χ0v) is 16.0. The Bertz CT molecular complexity index is 687. The molecule has 0 aliphatic carbocycles. The molecule has 7 heteroatoms. The number of urea groups is 1. The van der Waals surface area contributed by atoms with Gasteiger partial charge in [0.25, 0.3) is 5.91 Å². The molecule has 1 aliphatic rings. The summed E-state index contributed by atoms with van der Waals surface area (Å²) in [5.41, 5.74) is 0.666. The number of carbonyl (C=O) groups excluding carboxylic acids is 3. The Morgan fingerprint density at radius 2 is 1.85 bits per heavy atom. The molecule has 1 aliphatic heterocycles. The van der Waals surface area contributed by atoms with Crippen molar-refractivity contribution in [2.45, 2.75) is 45.2 Å². The van der Waals surface area contributed by atoms with Crippen molar-refractivity contribution in [2.24, 2.45) is 0 Å². The first-order valence-electron chi connectivity index (χ1n) is 8.72. The number of hydrogen-bond acceptors (Lipinski definition) is 4. The van der Waals surface area contributed by atoms with E-state index >= 15 is 0 Å². The minimum absolute atomic E-state index is 0.205. The number of imide groups is 1. The highest BCUT2D eigenvalue weighted by molar-refractivity contribution is 6.09. The number of ether oxygens (including phenoxy) is 1. The van der Waals surface area contributed by atoms with Crippen LogP contribution in [0.15, 0.2) is 24.3 Å². The molecule has 0 bridgehead atoms. The summed E-state index contributed by atoms with van der Waals surface area (Å²) in [4.78, 5) is 38.2. The van der Waals surface area contributed by atoms with Crippen molar-refractivity contribution in [3.8, 4) is 0 Å². The van der Waals surface area contributed by atoms with Gasteiger partial charge in [-0.15, -0.1) is 0 Å². The summed E-state index contributed by atoms with van der Waals surface area (Å²) in [6, 6.07) is 6.82. The molecule has 26 heavy (non-hydrogen) atoms. The average Bonchev–Trinajstić information content (AvgIpc) is 2.79. The summed E-state index contributed by atoms with van der Waals surface area (Å²) < 4.78 is 4.96. The summed E-state index contributed by atoms with van der Waals surface area (Å²) >= 11 is 0. The predicted molar refractivity (Wildman–Crippen MR) is 97.6 cm³/mol. The Labute approximate surface area is 154 Å². The van der Waals surface area contributed by atoms with Crippen LogP contribution in [0.5, 0.6) is 0 Å². The van der Waals surface area contributed by atoms with E-state index in [0.717, 1.165) is 10.5 Å². The van der Waals surface area contributed by atoms with E-state index in [-0.39, 0.29) is 12.6 Å². The fraction of sp³-hybridized carbons (Fsp3) is 0.526. The molecule has 0 saturated carbocycles. The number of carbonyl (C=O) groups is 3. The van der Waals surface area contributed by atoms with Gasteiger partial charge in [0.1, 0.15) is 12.1 Å². The van der Waals surface area contributed by atoms with Crippen molar-refractivity contribution >= 4 is 17.8 Å². The van der Waals surface area contributed by atoms with Crippen LogP contribution < -0.4 is 10.6 Å². The van der Waals surface area contributed by atoms with E-state index in [1.807, 2.05) is 24.3 Å². The second-order valence-corrected chi connectivity index (χ2v) is 7.15. The van der Waals surface area contributed by atoms with Crippen LogP contribution in [0, 0.1) is 0 Å².